The number of nitrogens with zero attached hydrogens (tertiary/aromatic N) is 1. The second-order valence-corrected chi connectivity index (χ2v) is 7.08. The molecule has 2 rings (SSSR count). The number of methoxy groups -OCH3 is 1. The summed E-state index contributed by atoms with van der Waals surface area (Å²) in [7, 11) is 5.51. The molecule has 0 bridgehead atoms. The molecule has 0 aromatic heterocycles. The number of halogens is 1. The van der Waals surface area contributed by atoms with Crippen LogP contribution in [0, 0.1) is 0 Å². The van der Waals surface area contributed by atoms with E-state index in [-0.39, 0.29) is 17.9 Å². The van der Waals surface area contributed by atoms with Crippen LogP contribution in [0.3, 0.4) is 0 Å². The van der Waals surface area contributed by atoms with Crippen molar-refractivity contribution in [1.29, 1.82) is 0 Å². The van der Waals surface area contributed by atoms with E-state index in [1.165, 1.54) is 0 Å². The van der Waals surface area contributed by atoms with E-state index in [2.05, 4.69) is 10.6 Å². The second-order valence-electron chi connectivity index (χ2n) is 6.68. The zero-order valence-corrected chi connectivity index (χ0v) is 17.3. The van der Waals surface area contributed by atoms with Crippen molar-refractivity contribution >= 4 is 23.4 Å². The Morgan fingerprint density at radius 2 is 1.86 bits per heavy atom. The molecule has 28 heavy (non-hydrogen) atoms. The van der Waals surface area contributed by atoms with E-state index in [1.54, 1.807) is 38.3 Å². The van der Waals surface area contributed by atoms with E-state index in [0.29, 0.717) is 17.1 Å². The third-order valence-corrected chi connectivity index (χ3v) is 4.76. The van der Waals surface area contributed by atoms with Gasteiger partial charge in [-0.3, -0.25) is 9.59 Å². The Labute approximate surface area is 170 Å². The van der Waals surface area contributed by atoms with Crippen molar-refractivity contribution < 1.29 is 14.3 Å². The molecule has 0 heterocycles. The Morgan fingerprint density at radius 3 is 2.50 bits per heavy atom. The van der Waals surface area contributed by atoms with Crippen LogP contribution in [-0.4, -0.2) is 50.5 Å². The van der Waals surface area contributed by atoms with Gasteiger partial charge in [0.2, 0.25) is 5.91 Å². The lowest BCUT2D eigenvalue weighted by Gasteiger charge is -2.26. The summed E-state index contributed by atoms with van der Waals surface area (Å²) in [6.07, 6.45) is 0. The molecule has 0 aliphatic carbocycles. The molecule has 2 aromatic rings. The summed E-state index contributed by atoms with van der Waals surface area (Å²) in [5.74, 6) is 0.108. The highest BCUT2D eigenvalue weighted by atomic mass is 35.5. The average molecular weight is 404 g/mol. The van der Waals surface area contributed by atoms with Crippen molar-refractivity contribution in [3.05, 3.63) is 64.7 Å². The van der Waals surface area contributed by atoms with Gasteiger partial charge in [-0.2, -0.15) is 0 Å². The number of carbonyl (C=O) groups is 2. The zero-order chi connectivity index (χ0) is 20.7. The maximum atomic E-state index is 12.5. The molecule has 7 heteroatoms. The minimum Gasteiger partial charge on any atom is -0.497 e. The van der Waals surface area contributed by atoms with Crippen LogP contribution in [0.5, 0.6) is 5.75 Å². The van der Waals surface area contributed by atoms with E-state index in [9.17, 15) is 9.59 Å². The van der Waals surface area contributed by atoms with Gasteiger partial charge in [0.15, 0.2) is 0 Å². The van der Waals surface area contributed by atoms with Crippen molar-refractivity contribution in [2.24, 2.45) is 0 Å². The van der Waals surface area contributed by atoms with Crippen molar-refractivity contribution in [3.8, 4) is 5.75 Å². The SMILES string of the molecule is COc1cccc(C(CNC(=O)C(C)NC(=O)c2ccccc2Cl)N(C)C)c1. The third kappa shape index (κ3) is 5.71. The van der Waals surface area contributed by atoms with E-state index >= 15 is 0 Å². The summed E-state index contributed by atoms with van der Waals surface area (Å²) in [5.41, 5.74) is 1.36. The Kier molecular flexibility index (Phi) is 7.84. The number of hydrogen-bond donors (Lipinski definition) is 2. The molecule has 2 unspecified atom stereocenters. The van der Waals surface area contributed by atoms with Crippen LogP contribution in [0.15, 0.2) is 48.5 Å². The zero-order valence-electron chi connectivity index (χ0n) is 16.5. The van der Waals surface area contributed by atoms with Gasteiger partial charge in [0.1, 0.15) is 11.8 Å². The molecular formula is C21H26ClN3O3. The average Bonchev–Trinajstić information content (AvgIpc) is 2.68. The monoisotopic (exact) mass is 403 g/mol. The number of hydrogen-bond acceptors (Lipinski definition) is 4. The van der Waals surface area contributed by atoms with E-state index in [1.807, 2.05) is 43.3 Å². The summed E-state index contributed by atoms with van der Waals surface area (Å²) in [6, 6.07) is 13.7. The fraction of sp³-hybridized carbons (Fsp3) is 0.333. The number of amides is 2. The number of rotatable bonds is 8. The number of likely N-dealkylation sites (N-methyl/N-ethyl adjacent to an activating group) is 1. The third-order valence-electron chi connectivity index (χ3n) is 4.43. The van der Waals surface area contributed by atoms with Crippen LogP contribution in [0.25, 0.3) is 0 Å². The first-order valence-electron chi connectivity index (χ1n) is 8.97. The molecule has 0 saturated heterocycles. The molecule has 2 atom stereocenters. The first-order chi connectivity index (χ1) is 13.3. The van der Waals surface area contributed by atoms with Gasteiger partial charge in [-0.1, -0.05) is 35.9 Å². The lowest BCUT2D eigenvalue weighted by molar-refractivity contribution is -0.122. The quantitative estimate of drug-likeness (QED) is 0.711. The molecule has 0 radical (unpaired) electrons. The van der Waals surface area contributed by atoms with Gasteiger partial charge in [-0.05, 0) is 50.8 Å². The van der Waals surface area contributed by atoms with Gasteiger partial charge in [-0.25, -0.2) is 0 Å². The molecule has 6 nitrogen and oxygen atoms in total. The van der Waals surface area contributed by atoms with E-state index in [0.717, 1.165) is 11.3 Å². The highest BCUT2D eigenvalue weighted by molar-refractivity contribution is 6.33. The highest BCUT2D eigenvalue weighted by Crippen LogP contribution is 2.22. The standard InChI is InChI=1S/C21H26ClN3O3/c1-14(24-21(27)17-10-5-6-11-18(17)22)20(26)23-13-19(25(2)3)15-8-7-9-16(12-15)28-4/h5-12,14,19H,13H2,1-4H3,(H,23,26)(H,24,27). The second kappa shape index (κ2) is 10.1. The Bertz CT molecular complexity index is 826. The van der Waals surface area contributed by atoms with E-state index in [4.69, 9.17) is 16.3 Å². The summed E-state index contributed by atoms with van der Waals surface area (Å²) in [5, 5.41) is 5.93. The molecule has 0 aliphatic rings. The lowest BCUT2D eigenvalue weighted by Crippen LogP contribution is -2.46. The Balaban J connectivity index is 1.98. The normalized spacial score (nSPS) is 12.9. The van der Waals surface area contributed by atoms with Gasteiger partial charge >= 0.3 is 0 Å². The molecule has 0 aliphatic heterocycles. The van der Waals surface area contributed by atoms with Gasteiger partial charge in [-0.15, -0.1) is 0 Å². The van der Waals surface area contributed by atoms with Crippen LogP contribution < -0.4 is 15.4 Å². The van der Waals surface area contributed by atoms with Crippen molar-refractivity contribution in [1.82, 2.24) is 15.5 Å². The first kappa shape index (κ1) is 21.7. The Hall–Kier alpha value is -2.57. The molecule has 2 N–H and O–H groups in total. The molecule has 0 fully saturated rings. The molecule has 150 valence electrons. The van der Waals surface area contributed by atoms with Gasteiger partial charge in [0.05, 0.1) is 23.7 Å². The minimum absolute atomic E-state index is 0.0366. The van der Waals surface area contributed by atoms with Crippen LogP contribution >= 0.6 is 11.6 Å². The summed E-state index contributed by atoms with van der Waals surface area (Å²) in [4.78, 5) is 26.8. The van der Waals surface area contributed by atoms with Crippen LogP contribution in [0.4, 0.5) is 0 Å². The first-order valence-corrected chi connectivity index (χ1v) is 9.34. The van der Waals surface area contributed by atoms with Crippen molar-refractivity contribution in [3.63, 3.8) is 0 Å². The van der Waals surface area contributed by atoms with Crippen LogP contribution in [0.1, 0.15) is 28.9 Å². The van der Waals surface area contributed by atoms with Crippen molar-refractivity contribution in [2.45, 2.75) is 19.0 Å². The Morgan fingerprint density at radius 1 is 1.14 bits per heavy atom. The van der Waals surface area contributed by atoms with E-state index < -0.39 is 6.04 Å². The van der Waals surface area contributed by atoms with Gasteiger partial charge in [0.25, 0.3) is 5.91 Å². The molecule has 2 aromatic carbocycles. The van der Waals surface area contributed by atoms with Crippen LogP contribution in [0.2, 0.25) is 5.02 Å². The molecule has 2 amide bonds. The van der Waals surface area contributed by atoms with Gasteiger partial charge in [0, 0.05) is 6.54 Å². The molecule has 0 saturated carbocycles. The predicted molar refractivity (Wildman–Crippen MR) is 111 cm³/mol. The molecular weight excluding hydrogens is 378 g/mol. The fourth-order valence-electron chi connectivity index (χ4n) is 2.78. The number of benzene rings is 2. The lowest BCUT2D eigenvalue weighted by atomic mass is 10.1. The highest BCUT2D eigenvalue weighted by Gasteiger charge is 2.21. The largest absolute Gasteiger partial charge is 0.497 e. The number of carbonyl (C=O) groups excluding carboxylic acids is 2. The van der Waals surface area contributed by atoms with Crippen molar-refractivity contribution in [2.75, 3.05) is 27.7 Å². The summed E-state index contributed by atoms with van der Waals surface area (Å²) in [6.45, 7) is 2.03. The smallest absolute Gasteiger partial charge is 0.253 e. The summed E-state index contributed by atoms with van der Waals surface area (Å²) >= 11 is 6.04. The maximum absolute atomic E-state index is 12.5. The molecule has 0 spiro atoms. The minimum atomic E-state index is -0.697. The number of nitrogens with one attached hydrogen (secondary N) is 2. The van der Waals surface area contributed by atoms with Gasteiger partial charge < -0.3 is 20.3 Å². The maximum Gasteiger partial charge on any atom is 0.253 e. The predicted octanol–water partition coefficient (Wildman–Crippen LogP) is 2.89. The fourth-order valence-corrected chi connectivity index (χ4v) is 3.00. The summed E-state index contributed by atoms with van der Waals surface area (Å²) < 4.78 is 5.28. The van der Waals surface area contributed by atoms with Crippen LogP contribution in [-0.2, 0) is 4.79 Å². The topological polar surface area (TPSA) is 70.7 Å². The number of ether oxygens (including phenoxy) is 1.